The zero-order valence-corrected chi connectivity index (χ0v) is 13.3. The summed E-state index contributed by atoms with van der Waals surface area (Å²) in [6, 6.07) is 5.13. The first kappa shape index (κ1) is 15.3. The Hall–Kier alpha value is -1.56. The van der Waals surface area contributed by atoms with Crippen LogP contribution in [0.4, 0.5) is 5.69 Å². The van der Waals surface area contributed by atoms with E-state index in [-0.39, 0.29) is 12.3 Å². The van der Waals surface area contributed by atoms with Crippen LogP contribution in [0, 0.1) is 0 Å². The Morgan fingerprint density at radius 2 is 2.09 bits per heavy atom. The first-order valence-electron chi connectivity index (χ1n) is 7.10. The van der Waals surface area contributed by atoms with Crippen molar-refractivity contribution < 1.29 is 4.79 Å². The van der Waals surface area contributed by atoms with Crippen molar-refractivity contribution in [3.8, 4) is 0 Å². The Labute approximate surface area is 138 Å². The number of hydrogen-bond donors (Lipinski definition) is 3. The van der Waals surface area contributed by atoms with Gasteiger partial charge >= 0.3 is 0 Å². The van der Waals surface area contributed by atoms with Gasteiger partial charge in [-0.15, -0.1) is 0 Å². The number of H-pyrrole nitrogens is 1. The van der Waals surface area contributed by atoms with Gasteiger partial charge in [0.1, 0.15) is 0 Å². The molecule has 1 fully saturated rings. The molecule has 116 valence electrons. The van der Waals surface area contributed by atoms with Crippen molar-refractivity contribution in [1.82, 2.24) is 15.5 Å². The molecule has 1 saturated heterocycles. The minimum Gasteiger partial charge on any atom is -0.323 e. The maximum absolute atomic E-state index is 12.2. The van der Waals surface area contributed by atoms with E-state index in [1.54, 1.807) is 24.4 Å². The molecule has 1 atom stereocenters. The van der Waals surface area contributed by atoms with Gasteiger partial charge in [-0.1, -0.05) is 23.2 Å². The molecule has 0 bridgehead atoms. The van der Waals surface area contributed by atoms with Gasteiger partial charge in [0.05, 0.1) is 24.0 Å². The number of aromatic amines is 1. The predicted octanol–water partition coefficient (Wildman–Crippen LogP) is 2.97. The molecule has 1 amide bonds. The highest BCUT2D eigenvalue weighted by atomic mass is 35.5. The Balaban J connectivity index is 1.68. The van der Waals surface area contributed by atoms with E-state index in [2.05, 4.69) is 20.8 Å². The number of anilines is 1. The summed E-state index contributed by atoms with van der Waals surface area (Å²) in [6.07, 6.45) is 2.90. The van der Waals surface area contributed by atoms with Crippen molar-refractivity contribution in [3.05, 3.63) is 45.7 Å². The first-order valence-corrected chi connectivity index (χ1v) is 7.86. The van der Waals surface area contributed by atoms with Crippen LogP contribution in [-0.2, 0) is 11.2 Å². The molecular weight excluding hydrogens is 323 g/mol. The summed E-state index contributed by atoms with van der Waals surface area (Å²) in [4.78, 5) is 12.2. The van der Waals surface area contributed by atoms with E-state index in [4.69, 9.17) is 23.2 Å². The molecule has 0 aliphatic carbocycles. The molecule has 3 rings (SSSR count). The van der Waals surface area contributed by atoms with Crippen LogP contribution < -0.4 is 10.6 Å². The van der Waals surface area contributed by atoms with E-state index >= 15 is 0 Å². The van der Waals surface area contributed by atoms with Gasteiger partial charge in [0.25, 0.3) is 0 Å². The van der Waals surface area contributed by atoms with E-state index in [1.807, 2.05) is 0 Å². The molecule has 1 unspecified atom stereocenters. The summed E-state index contributed by atoms with van der Waals surface area (Å²) >= 11 is 11.9. The smallest absolute Gasteiger partial charge is 0.228 e. The summed E-state index contributed by atoms with van der Waals surface area (Å²) in [5, 5.41) is 14.3. The molecule has 0 saturated carbocycles. The normalized spacial score (nSPS) is 17.6. The van der Waals surface area contributed by atoms with Gasteiger partial charge in [0.15, 0.2) is 0 Å². The standard InChI is InChI=1S/C15H16Cl2N4O/c16-11-3-9(4-12(17)6-11)5-14(22)20-13-8-19-21-15(13)10-1-2-18-7-10/h3-4,6,8,10,18H,1-2,5,7H2,(H,19,21)(H,20,22). The maximum Gasteiger partial charge on any atom is 0.228 e. The summed E-state index contributed by atoms with van der Waals surface area (Å²) in [6.45, 7) is 1.88. The molecule has 2 aromatic rings. The monoisotopic (exact) mass is 338 g/mol. The van der Waals surface area contributed by atoms with Crippen molar-refractivity contribution in [2.24, 2.45) is 0 Å². The van der Waals surface area contributed by atoms with Crippen molar-refractivity contribution in [2.45, 2.75) is 18.8 Å². The Morgan fingerprint density at radius 3 is 2.77 bits per heavy atom. The molecule has 1 aromatic heterocycles. The highest BCUT2D eigenvalue weighted by molar-refractivity contribution is 6.34. The van der Waals surface area contributed by atoms with Crippen LogP contribution in [0.1, 0.15) is 23.6 Å². The first-order chi connectivity index (χ1) is 10.6. The van der Waals surface area contributed by atoms with E-state index < -0.39 is 0 Å². The number of nitrogens with zero attached hydrogens (tertiary/aromatic N) is 1. The number of benzene rings is 1. The third-order valence-corrected chi connectivity index (χ3v) is 4.13. The van der Waals surface area contributed by atoms with E-state index in [9.17, 15) is 4.79 Å². The van der Waals surface area contributed by atoms with Crippen LogP contribution in [0.15, 0.2) is 24.4 Å². The van der Waals surface area contributed by atoms with Crippen LogP contribution >= 0.6 is 23.2 Å². The number of nitrogens with one attached hydrogen (secondary N) is 3. The Morgan fingerprint density at radius 1 is 1.32 bits per heavy atom. The number of hydrogen-bond acceptors (Lipinski definition) is 3. The molecule has 1 aliphatic heterocycles. The largest absolute Gasteiger partial charge is 0.323 e. The molecular formula is C15H16Cl2N4O. The second kappa shape index (κ2) is 6.69. The van der Waals surface area contributed by atoms with E-state index in [0.717, 1.165) is 36.5 Å². The van der Waals surface area contributed by atoms with Crippen molar-refractivity contribution in [2.75, 3.05) is 18.4 Å². The SMILES string of the molecule is O=C(Cc1cc(Cl)cc(Cl)c1)Nc1cn[nH]c1C1CCNC1. The molecule has 1 aliphatic rings. The number of halogens is 2. The Bertz CT molecular complexity index is 660. The van der Waals surface area contributed by atoms with Gasteiger partial charge in [-0.2, -0.15) is 5.10 Å². The fourth-order valence-electron chi connectivity index (χ4n) is 2.70. The lowest BCUT2D eigenvalue weighted by atomic mass is 10.0. The minimum absolute atomic E-state index is 0.119. The lowest BCUT2D eigenvalue weighted by Gasteiger charge is -2.10. The maximum atomic E-state index is 12.2. The van der Waals surface area contributed by atoms with Crippen LogP contribution in [0.5, 0.6) is 0 Å². The van der Waals surface area contributed by atoms with Gasteiger partial charge in [0, 0.05) is 22.5 Å². The van der Waals surface area contributed by atoms with Gasteiger partial charge in [-0.25, -0.2) is 0 Å². The van der Waals surface area contributed by atoms with Crippen molar-refractivity contribution in [3.63, 3.8) is 0 Å². The molecule has 3 N–H and O–H groups in total. The van der Waals surface area contributed by atoms with Crippen LogP contribution in [0.2, 0.25) is 10.0 Å². The highest BCUT2D eigenvalue weighted by Crippen LogP contribution is 2.27. The van der Waals surface area contributed by atoms with E-state index in [0.29, 0.717) is 16.0 Å². The van der Waals surface area contributed by atoms with E-state index in [1.165, 1.54) is 0 Å². The molecule has 0 radical (unpaired) electrons. The average Bonchev–Trinajstić information content (AvgIpc) is 3.07. The molecule has 22 heavy (non-hydrogen) atoms. The number of carbonyl (C=O) groups excluding carboxylic acids is 1. The molecule has 0 spiro atoms. The van der Waals surface area contributed by atoms with Crippen molar-refractivity contribution >= 4 is 34.8 Å². The second-order valence-corrected chi connectivity index (χ2v) is 6.26. The van der Waals surface area contributed by atoms with Crippen molar-refractivity contribution in [1.29, 1.82) is 0 Å². The molecule has 7 heteroatoms. The van der Waals surface area contributed by atoms with Crippen LogP contribution in [0.3, 0.4) is 0 Å². The van der Waals surface area contributed by atoms with Crippen LogP contribution in [0.25, 0.3) is 0 Å². The van der Waals surface area contributed by atoms with Gasteiger partial charge in [-0.3, -0.25) is 9.89 Å². The summed E-state index contributed by atoms with van der Waals surface area (Å²) in [7, 11) is 0. The summed E-state index contributed by atoms with van der Waals surface area (Å²) in [5.41, 5.74) is 2.50. The number of aromatic nitrogens is 2. The lowest BCUT2D eigenvalue weighted by molar-refractivity contribution is -0.115. The third kappa shape index (κ3) is 3.61. The predicted molar refractivity (Wildman–Crippen MR) is 87.6 cm³/mol. The minimum atomic E-state index is -0.119. The fraction of sp³-hybridized carbons (Fsp3) is 0.333. The highest BCUT2D eigenvalue weighted by Gasteiger charge is 2.22. The summed E-state index contributed by atoms with van der Waals surface area (Å²) in [5.74, 6) is 0.241. The number of carbonyl (C=O) groups is 1. The van der Waals surface area contributed by atoms with Gasteiger partial charge in [0.2, 0.25) is 5.91 Å². The third-order valence-electron chi connectivity index (χ3n) is 3.70. The fourth-order valence-corrected chi connectivity index (χ4v) is 3.27. The quantitative estimate of drug-likeness (QED) is 0.802. The molecule has 5 nitrogen and oxygen atoms in total. The zero-order chi connectivity index (χ0) is 15.5. The number of rotatable bonds is 4. The lowest BCUT2D eigenvalue weighted by Crippen LogP contribution is -2.16. The summed E-state index contributed by atoms with van der Waals surface area (Å²) < 4.78 is 0. The molecule has 2 heterocycles. The number of amides is 1. The zero-order valence-electron chi connectivity index (χ0n) is 11.8. The van der Waals surface area contributed by atoms with Gasteiger partial charge < -0.3 is 10.6 Å². The van der Waals surface area contributed by atoms with Gasteiger partial charge in [-0.05, 0) is 36.7 Å². The average molecular weight is 339 g/mol. The Kier molecular flexibility index (Phi) is 4.66. The molecule has 1 aromatic carbocycles. The topological polar surface area (TPSA) is 69.8 Å². The van der Waals surface area contributed by atoms with Crippen LogP contribution in [-0.4, -0.2) is 29.2 Å². The second-order valence-electron chi connectivity index (χ2n) is 5.39.